The molecule has 1 atom stereocenters. The summed E-state index contributed by atoms with van der Waals surface area (Å²) in [5.74, 6) is -1.68. The molecule has 1 rings (SSSR count). The molecule has 0 aliphatic carbocycles. The van der Waals surface area contributed by atoms with Gasteiger partial charge in [0.15, 0.2) is 0 Å². The summed E-state index contributed by atoms with van der Waals surface area (Å²) in [6.45, 7) is 7.17. The normalized spacial score (nSPS) is 11.9. The van der Waals surface area contributed by atoms with Crippen molar-refractivity contribution in [3.8, 4) is 0 Å². The molecule has 0 heterocycles. The van der Waals surface area contributed by atoms with Crippen molar-refractivity contribution < 1.29 is 14.7 Å². The molecule has 96 valence electrons. The van der Waals surface area contributed by atoms with Crippen LogP contribution in [0, 0.1) is 5.92 Å². The number of nitrogens with one attached hydrogen (secondary N) is 1. The van der Waals surface area contributed by atoms with Crippen molar-refractivity contribution in [2.24, 2.45) is 5.92 Å². The van der Waals surface area contributed by atoms with E-state index in [1.807, 2.05) is 6.07 Å². The predicted octanol–water partition coefficient (Wildman–Crippen LogP) is 1.93. The summed E-state index contributed by atoms with van der Waals surface area (Å²) in [5.41, 5.74) is 0.949. The standard InChI is InChI=1S/C14H17NO3/c1-9(2)12(14(17)18)15-13(16)10(3)11-7-5-4-6-8-11/h4-9,12H,3H2,1-2H3,(H,15,16)(H,17,18). The van der Waals surface area contributed by atoms with E-state index in [9.17, 15) is 9.59 Å². The van der Waals surface area contributed by atoms with Crippen LogP contribution in [-0.2, 0) is 9.59 Å². The van der Waals surface area contributed by atoms with Crippen molar-refractivity contribution >= 4 is 17.4 Å². The average Bonchev–Trinajstić information content (AvgIpc) is 2.35. The highest BCUT2D eigenvalue weighted by Gasteiger charge is 2.24. The Hall–Kier alpha value is -2.10. The van der Waals surface area contributed by atoms with Crippen molar-refractivity contribution in [1.29, 1.82) is 0 Å². The van der Waals surface area contributed by atoms with Gasteiger partial charge in [-0.25, -0.2) is 4.79 Å². The molecule has 0 spiro atoms. The first-order chi connectivity index (χ1) is 8.43. The van der Waals surface area contributed by atoms with Crippen LogP contribution in [0.25, 0.3) is 5.57 Å². The van der Waals surface area contributed by atoms with Crippen molar-refractivity contribution in [3.63, 3.8) is 0 Å². The highest BCUT2D eigenvalue weighted by Crippen LogP contribution is 2.12. The molecule has 1 amide bonds. The van der Waals surface area contributed by atoms with Crippen LogP contribution in [0.5, 0.6) is 0 Å². The van der Waals surface area contributed by atoms with E-state index in [1.54, 1.807) is 38.1 Å². The van der Waals surface area contributed by atoms with Gasteiger partial charge in [-0.05, 0) is 11.5 Å². The molecule has 0 radical (unpaired) electrons. The lowest BCUT2D eigenvalue weighted by atomic mass is 10.0. The Morgan fingerprint density at radius 2 is 1.78 bits per heavy atom. The Morgan fingerprint density at radius 3 is 2.22 bits per heavy atom. The summed E-state index contributed by atoms with van der Waals surface area (Å²) in [7, 11) is 0. The van der Waals surface area contributed by atoms with E-state index in [-0.39, 0.29) is 11.5 Å². The molecular formula is C14H17NO3. The van der Waals surface area contributed by atoms with E-state index >= 15 is 0 Å². The van der Waals surface area contributed by atoms with Crippen molar-refractivity contribution in [2.75, 3.05) is 0 Å². The van der Waals surface area contributed by atoms with Crippen LogP contribution in [0.15, 0.2) is 36.9 Å². The second kappa shape index (κ2) is 6.00. The lowest BCUT2D eigenvalue weighted by Crippen LogP contribution is -2.44. The Balaban J connectivity index is 2.77. The first-order valence-electron chi connectivity index (χ1n) is 5.71. The minimum atomic E-state index is -1.04. The number of benzene rings is 1. The maximum atomic E-state index is 11.9. The molecule has 0 aromatic heterocycles. The molecule has 2 N–H and O–H groups in total. The van der Waals surface area contributed by atoms with Gasteiger partial charge in [0.2, 0.25) is 0 Å². The van der Waals surface area contributed by atoms with Gasteiger partial charge in [-0.15, -0.1) is 0 Å². The molecule has 0 fully saturated rings. The smallest absolute Gasteiger partial charge is 0.326 e. The first-order valence-corrected chi connectivity index (χ1v) is 5.71. The average molecular weight is 247 g/mol. The number of hydrogen-bond acceptors (Lipinski definition) is 2. The minimum Gasteiger partial charge on any atom is -0.480 e. The molecular weight excluding hydrogens is 230 g/mol. The zero-order chi connectivity index (χ0) is 13.7. The lowest BCUT2D eigenvalue weighted by molar-refractivity contribution is -0.142. The molecule has 4 heteroatoms. The summed E-state index contributed by atoms with van der Waals surface area (Å²) in [6, 6.07) is 8.04. The van der Waals surface area contributed by atoms with E-state index in [4.69, 9.17) is 5.11 Å². The second-order valence-electron chi connectivity index (χ2n) is 4.38. The number of carboxylic acids is 1. The predicted molar refractivity (Wildman–Crippen MR) is 69.9 cm³/mol. The summed E-state index contributed by atoms with van der Waals surface area (Å²) in [4.78, 5) is 22.9. The van der Waals surface area contributed by atoms with Crippen LogP contribution in [0.2, 0.25) is 0 Å². The Morgan fingerprint density at radius 1 is 1.22 bits per heavy atom. The lowest BCUT2D eigenvalue weighted by Gasteiger charge is -2.18. The van der Waals surface area contributed by atoms with Crippen molar-refractivity contribution in [1.82, 2.24) is 5.32 Å². The quantitative estimate of drug-likeness (QED) is 0.781. The van der Waals surface area contributed by atoms with Crippen LogP contribution in [-0.4, -0.2) is 23.0 Å². The fourth-order valence-electron chi connectivity index (χ4n) is 1.51. The molecule has 0 aliphatic rings. The highest BCUT2D eigenvalue weighted by atomic mass is 16.4. The summed E-state index contributed by atoms with van der Waals surface area (Å²) >= 11 is 0. The number of rotatable bonds is 5. The van der Waals surface area contributed by atoms with E-state index < -0.39 is 17.9 Å². The number of carbonyl (C=O) groups excluding carboxylic acids is 1. The minimum absolute atomic E-state index is 0.185. The van der Waals surface area contributed by atoms with E-state index in [1.165, 1.54) is 0 Å². The van der Waals surface area contributed by atoms with Crippen LogP contribution < -0.4 is 5.32 Å². The van der Waals surface area contributed by atoms with Crippen molar-refractivity contribution in [3.05, 3.63) is 42.5 Å². The maximum absolute atomic E-state index is 11.9. The molecule has 1 unspecified atom stereocenters. The second-order valence-corrected chi connectivity index (χ2v) is 4.38. The van der Waals surface area contributed by atoms with Crippen LogP contribution in [0.4, 0.5) is 0 Å². The number of hydrogen-bond donors (Lipinski definition) is 2. The molecule has 0 saturated heterocycles. The maximum Gasteiger partial charge on any atom is 0.326 e. The Bertz CT molecular complexity index is 451. The third-order valence-electron chi connectivity index (χ3n) is 2.62. The number of amides is 1. The zero-order valence-electron chi connectivity index (χ0n) is 10.5. The third kappa shape index (κ3) is 3.45. The van der Waals surface area contributed by atoms with Gasteiger partial charge in [0, 0.05) is 5.57 Å². The Labute approximate surface area is 106 Å². The number of aliphatic carboxylic acids is 1. The van der Waals surface area contributed by atoms with Gasteiger partial charge < -0.3 is 10.4 Å². The van der Waals surface area contributed by atoms with Gasteiger partial charge in [-0.3, -0.25) is 4.79 Å². The van der Waals surface area contributed by atoms with Gasteiger partial charge in [0.1, 0.15) is 6.04 Å². The van der Waals surface area contributed by atoms with E-state index in [0.29, 0.717) is 5.56 Å². The van der Waals surface area contributed by atoms with Crippen LogP contribution >= 0.6 is 0 Å². The first kappa shape index (κ1) is 14.0. The fraction of sp³-hybridized carbons (Fsp3) is 0.286. The molecule has 1 aromatic carbocycles. The van der Waals surface area contributed by atoms with E-state index in [0.717, 1.165) is 0 Å². The highest BCUT2D eigenvalue weighted by molar-refractivity contribution is 6.19. The third-order valence-corrected chi connectivity index (χ3v) is 2.62. The molecule has 0 saturated carbocycles. The molecule has 0 aliphatic heterocycles. The van der Waals surface area contributed by atoms with Gasteiger partial charge in [0.05, 0.1) is 0 Å². The molecule has 1 aromatic rings. The number of carboxylic acid groups (broad SMARTS) is 1. The van der Waals surface area contributed by atoms with Gasteiger partial charge in [-0.2, -0.15) is 0 Å². The number of carbonyl (C=O) groups is 2. The summed E-state index contributed by atoms with van der Waals surface area (Å²) in [5, 5.41) is 11.5. The SMILES string of the molecule is C=C(C(=O)NC(C(=O)O)C(C)C)c1ccccc1. The van der Waals surface area contributed by atoms with Gasteiger partial charge in [0.25, 0.3) is 5.91 Å². The summed E-state index contributed by atoms with van der Waals surface area (Å²) < 4.78 is 0. The zero-order valence-corrected chi connectivity index (χ0v) is 10.5. The monoisotopic (exact) mass is 247 g/mol. The van der Waals surface area contributed by atoms with Crippen LogP contribution in [0.3, 0.4) is 0 Å². The fourth-order valence-corrected chi connectivity index (χ4v) is 1.51. The van der Waals surface area contributed by atoms with Gasteiger partial charge in [-0.1, -0.05) is 50.8 Å². The van der Waals surface area contributed by atoms with Crippen molar-refractivity contribution in [2.45, 2.75) is 19.9 Å². The topological polar surface area (TPSA) is 66.4 Å². The molecule has 4 nitrogen and oxygen atoms in total. The molecule has 18 heavy (non-hydrogen) atoms. The van der Waals surface area contributed by atoms with Crippen LogP contribution in [0.1, 0.15) is 19.4 Å². The molecule has 0 bridgehead atoms. The van der Waals surface area contributed by atoms with Gasteiger partial charge >= 0.3 is 5.97 Å². The Kier molecular flexibility index (Phi) is 4.66. The largest absolute Gasteiger partial charge is 0.480 e. The summed E-state index contributed by atoms with van der Waals surface area (Å²) in [6.07, 6.45) is 0. The van der Waals surface area contributed by atoms with E-state index in [2.05, 4.69) is 11.9 Å².